The second kappa shape index (κ2) is 12.6. The van der Waals surface area contributed by atoms with Gasteiger partial charge in [0.1, 0.15) is 42.1 Å². The maximum atomic E-state index is 12.4. The van der Waals surface area contributed by atoms with Crippen molar-refractivity contribution in [2.75, 3.05) is 26.9 Å². The van der Waals surface area contributed by atoms with Gasteiger partial charge in [0.2, 0.25) is 0 Å². The summed E-state index contributed by atoms with van der Waals surface area (Å²) in [6.45, 7) is 3.14. The summed E-state index contributed by atoms with van der Waals surface area (Å²) >= 11 is 0. The maximum Gasteiger partial charge on any atom is 0.262 e. The van der Waals surface area contributed by atoms with Gasteiger partial charge in [-0.2, -0.15) is 5.26 Å². The molecule has 3 aromatic rings. The summed E-state index contributed by atoms with van der Waals surface area (Å²) < 4.78 is 27.5. The molecule has 176 valence electrons. The highest BCUT2D eigenvalue weighted by atomic mass is 16.5. The van der Waals surface area contributed by atoms with Gasteiger partial charge in [0.05, 0.1) is 26.5 Å². The Morgan fingerprint density at radius 1 is 1.03 bits per heavy atom. The molecule has 0 aliphatic carbocycles. The van der Waals surface area contributed by atoms with E-state index in [0.717, 1.165) is 5.75 Å². The highest BCUT2D eigenvalue weighted by Gasteiger charge is 2.12. The third kappa shape index (κ3) is 7.07. The molecule has 0 spiro atoms. The topological polar surface area (TPSA) is 103 Å². The highest BCUT2D eigenvalue weighted by Crippen LogP contribution is 2.29. The Hall–Kier alpha value is -4.38. The molecule has 1 heterocycles. The number of rotatable bonds is 12. The van der Waals surface area contributed by atoms with Gasteiger partial charge in [0.15, 0.2) is 11.5 Å². The lowest BCUT2D eigenvalue weighted by molar-refractivity contribution is -0.117. The molecule has 0 aliphatic heterocycles. The molecule has 8 nitrogen and oxygen atoms in total. The molecule has 0 unspecified atom stereocenters. The molecule has 1 aromatic heterocycles. The maximum absolute atomic E-state index is 12.4. The van der Waals surface area contributed by atoms with Crippen molar-refractivity contribution in [1.29, 1.82) is 5.26 Å². The normalized spacial score (nSPS) is 10.8. The Morgan fingerprint density at radius 2 is 1.79 bits per heavy atom. The van der Waals surface area contributed by atoms with E-state index in [0.29, 0.717) is 48.4 Å². The van der Waals surface area contributed by atoms with E-state index in [4.69, 9.17) is 23.4 Å². The molecule has 2 aromatic carbocycles. The minimum Gasteiger partial charge on any atom is -0.497 e. The van der Waals surface area contributed by atoms with E-state index in [1.54, 1.807) is 37.4 Å². The van der Waals surface area contributed by atoms with Crippen LogP contribution in [-0.2, 0) is 11.3 Å². The average Bonchev–Trinajstić information content (AvgIpc) is 3.39. The van der Waals surface area contributed by atoms with Crippen LogP contribution in [0.25, 0.3) is 6.08 Å². The lowest BCUT2D eigenvalue weighted by Crippen LogP contribution is -2.23. The van der Waals surface area contributed by atoms with E-state index in [1.807, 2.05) is 37.3 Å². The zero-order valence-corrected chi connectivity index (χ0v) is 19.1. The van der Waals surface area contributed by atoms with Crippen molar-refractivity contribution in [1.82, 2.24) is 5.32 Å². The van der Waals surface area contributed by atoms with Gasteiger partial charge in [-0.1, -0.05) is 6.07 Å². The molecule has 1 N–H and O–H groups in total. The Kier molecular flexibility index (Phi) is 9.00. The summed E-state index contributed by atoms with van der Waals surface area (Å²) in [6, 6.07) is 17.9. The molecule has 0 atom stereocenters. The number of nitrogens with zero attached hydrogens (tertiary/aromatic N) is 1. The first kappa shape index (κ1) is 24.3. The van der Waals surface area contributed by atoms with Crippen LogP contribution in [0.2, 0.25) is 0 Å². The molecule has 0 fully saturated rings. The number of carbonyl (C=O) groups is 1. The van der Waals surface area contributed by atoms with Crippen LogP contribution in [-0.4, -0.2) is 32.8 Å². The summed E-state index contributed by atoms with van der Waals surface area (Å²) in [7, 11) is 1.61. The first-order chi connectivity index (χ1) is 16.6. The van der Waals surface area contributed by atoms with Crippen LogP contribution in [0.5, 0.6) is 23.0 Å². The summed E-state index contributed by atoms with van der Waals surface area (Å²) in [5.74, 6) is 2.62. The fraction of sp³-hybridized carbons (Fsp3) is 0.231. The third-order valence-electron chi connectivity index (χ3n) is 4.62. The molecule has 0 bridgehead atoms. The van der Waals surface area contributed by atoms with Crippen molar-refractivity contribution in [2.24, 2.45) is 0 Å². The predicted molar refractivity (Wildman–Crippen MR) is 126 cm³/mol. The number of amides is 1. The predicted octanol–water partition coefficient (Wildman–Crippen LogP) is 4.37. The summed E-state index contributed by atoms with van der Waals surface area (Å²) in [5, 5.41) is 12.1. The second-order valence-corrected chi connectivity index (χ2v) is 6.94. The zero-order valence-electron chi connectivity index (χ0n) is 19.1. The monoisotopic (exact) mass is 462 g/mol. The molecular formula is C26H26N2O6. The van der Waals surface area contributed by atoms with Crippen LogP contribution >= 0.6 is 0 Å². The fourth-order valence-corrected chi connectivity index (χ4v) is 2.98. The Bertz CT molecular complexity index is 1130. The smallest absolute Gasteiger partial charge is 0.262 e. The van der Waals surface area contributed by atoms with E-state index in [2.05, 4.69) is 5.32 Å². The van der Waals surface area contributed by atoms with Gasteiger partial charge in [-0.25, -0.2) is 0 Å². The largest absolute Gasteiger partial charge is 0.497 e. The molecule has 34 heavy (non-hydrogen) atoms. The molecule has 0 aliphatic rings. The molecular weight excluding hydrogens is 436 g/mol. The van der Waals surface area contributed by atoms with Gasteiger partial charge in [-0.15, -0.1) is 0 Å². The number of furan rings is 1. The van der Waals surface area contributed by atoms with Gasteiger partial charge in [-0.3, -0.25) is 4.79 Å². The van der Waals surface area contributed by atoms with Crippen molar-refractivity contribution in [3.63, 3.8) is 0 Å². The molecule has 0 saturated carbocycles. The molecule has 8 heteroatoms. The summed E-state index contributed by atoms with van der Waals surface area (Å²) in [6.07, 6.45) is 3.02. The van der Waals surface area contributed by atoms with Crippen molar-refractivity contribution >= 4 is 12.0 Å². The van der Waals surface area contributed by atoms with Crippen molar-refractivity contribution < 1.29 is 28.2 Å². The van der Waals surface area contributed by atoms with E-state index in [-0.39, 0.29) is 12.1 Å². The van der Waals surface area contributed by atoms with E-state index < -0.39 is 5.91 Å². The van der Waals surface area contributed by atoms with Gasteiger partial charge in [-0.05, 0) is 67.1 Å². The number of hydrogen-bond acceptors (Lipinski definition) is 7. The number of benzene rings is 2. The van der Waals surface area contributed by atoms with E-state index >= 15 is 0 Å². The SMILES string of the molecule is CCOc1cc(/C=C(\C#N)C(=O)NCc2ccco2)ccc1OCCOc1ccc(OC)cc1. The summed E-state index contributed by atoms with van der Waals surface area (Å²) in [4.78, 5) is 12.4. The first-order valence-electron chi connectivity index (χ1n) is 10.7. The van der Waals surface area contributed by atoms with Crippen LogP contribution in [0.4, 0.5) is 0 Å². The van der Waals surface area contributed by atoms with Gasteiger partial charge in [0.25, 0.3) is 5.91 Å². The average molecular weight is 463 g/mol. The summed E-state index contributed by atoms with van der Waals surface area (Å²) in [5.41, 5.74) is 0.602. The lowest BCUT2D eigenvalue weighted by atomic mass is 10.1. The van der Waals surface area contributed by atoms with Gasteiger partial charge >= 0.3 is 0 Å². The number of carbonyl (C=O) groups excluding carboxylic acids is 1. The first-order valence-corrected chi connectivity index (χ1v) is 10.7. The number of nitrogens with one attached hydrogen (secondary N) is 1. The number of hydrogen-bond donors (Lipinski definition) is 1. The standard InChI is InChI=1S/C26H26N2O6/c1-3-31-25-16-19(15-20(17-27)26(29)28-18-23-5-4-12-32-23)6-11-24(25)34-14-13-33-22-9-7-21(30-2)8-10-22/h4-12,15-16H,3,13-14,18H2,1-2H3,(H,28,29)/b20-15+. The Morgan fingerprint density at radius 3 is 2.47 bits per heavy atom. The Balaban J connectivity index is 1.60. The third-order valence-corrected chi connectivity index (χ3v) is 4.62. The molecule has 1 amide bonds. The van der Waals surface area contributed by atoms with Crippen molar-refractivity contribution in [3.8, 4) is 29.1 Å². The van der Waals surface area contributed by atoms with Crippen LogP contribution < -0.4 is 24.3 Å². The number of nitriles is 1. The minimum atomic E-state index is -0.493. The minimum absolute atomic E-state index is 0.0319. The van der Waals surface area contributed by atoms with Gasteiger partial charge in [0, 0.05) is 0 Å². The second-order valence-electron chi connectivity index (χ2n) is 6.94. The van der Waals surface area contributed by atoms with E-state index in [9.17, 15) is 10.1 Å². The molecule has 3 rings (SSSR count). The van der Waals surface area contributed by atoms with Crippen LogP contribution in [0.3, 0.4) is 0 Å². The zero-order chi connectivity index (χ0) is 24.2. The van der Waals surface area contributed by atoms with E-state index in [1.165, 1.54) is 12.3 Å². The lowest BCUT2D eigenvalue weighted by Gasteiger charge is -2.13. The highest BCUT2D eigenvalue weighted by molar-refractivity contribution is 6.01. The fourth-order valence-electron chi connectivity index (χ4n) is 2.98. The van der Waals surface area contributed by atoms with Gasteiger partial charge < -0.3 is 28.7 Å². The number of methoxy groups -OCH3 is 1. The van der Waals surface area contributed by atoms with Crippen LogP contribution in [0, 0.1) is 11.3 Å². The molecule has 0 saturated heterocycles. The molecule has 0 radical (unpaired) electrons. The van der Waals surface area contributed by atoms with Crippen molar-refractivity contribution in [2.45, 2.75) is 13.5 Å². The van der Waals surface area contributed by atoms with Crippen LogP contribution in [0.15, 0.2) is 70.9 Å². The quantitative estimate of drug-likeness (QED) is 0.242. The Labute approximate surface area is 198 Å². The van der Waals surface area contributed by atoms with Crippen LogP contribution in [0.1, 0.15) is 18.2 Å². The number of ether oxygens (including phenoxy) is 4. The van der Waals surface area contributed by atoms with Crippen molar-refractivity contribution in [3.05, 3.63) is 77.8 Å².